The Morgan fingerprint density at radius 2 is 2.00 bits per heavy atom. The van der Waals surface area contributed by atoms with Crippen molar-refractivity contribution >= 4 is 5.84 Å². The lowest BCUT2D eigenvalue weighted by Crippen LogP contribution is -2.13. The molecule has 2 aromatic rings. The van der Waals surface area contributed by atoms with Crippen molar-refractivity contribution in [3.8, 4) is 5.75 Å². The fourth-order valence-corrected chi connectivity index (χ4v) is 1.44. The number of hydrogen-bond donors (Lipinski definition) is 2. The summed E-state index contributed by atoms with van der Waals surface area (Å²) in [5.74, 6) is -1.80. The quantitative estimate of drug-likeness (QED) is 0.656. The maximum atomic E-state index is 13.0. The summed E-state index contributed by atoms with van der Waals surface area (Å²) in [6.07, 6.45) is 1.50. The standard InChI is InChI=1S/C13H11F2N3O/c14-10-2-1-9(6-11(10)15)19-7-8-3-4-18-12(5-8)13(16)17/h1-6H,7H2,(H3,16,17). The minimum Gasteiger partial charge on any atom is -0.489 e. The van der Waals surface area contributed by atoms with Crippen LogP contribution in [0.1, 0.15) is 11.3 Å². The highest BCUT2D eigenvalue weighted by atomic mass is 19.2. The van der Waals surface area contributed by atoms with Crippen LogP contribution >= 0.6 is 0 Å². The highest BCUT2D eigenvalue weighted by Crippen LogP contribution is 2.16. The lowest BCUT2D eigenvalue weighted by Gasteiger charge is -2.07. The molecule has 0 amide bonds. The normalized spacial score (nSPS) is 10.2. The monoisotopic (exact) mass is 263 g/mol. The van der Waals surface area contributed by atoms with Gasteiger partial charge in [0.2, 0.25) is 0 Å². The first kappa shape index (κ1) is 12.9. The van der Waals surface area contributed by atoms with Crippen molar-refractivity contribution in [1.82, 2.24) is 4.98 Å². The van der Waals surface area contributed by atoms with Crippen LogP contribution in [0.4, 0.5) is 8.78 Å². The van der Waals surface area contributed by atoms with E-state index in [1.165, 1.54) is 12.3 Å². The molecule has 0 atom stereocenters. The van der Waals surface area contributed by atoms with Gasteiger partial charge in [-0.1, -0.05) is 0 Å². The van der Waals surface area contributed by atoms with Gasteiger partial charge in [-0.3, -0.25) is 10.4 Å². The summed E-state index contributed by atoms with van der Waals surface area (Å²) in [5.41, 5.74) is 6.38. The molecule has 2 rings (SSSR count). The first-order chi connectivity index (χ1) is 9.06. The van der Waals surface area contributed by atoms with Gasteiger partial charge in [0.05, 0.1) is 0 Å². The molecule has 19 heavy (non-hydrogen) atoms. The zero-order valence-corrected chi connectivity index (χ0v) is 9.86. The number of benzene rings is 1. The van der Waals surface area contributed by atoms with E-state index in [9.17, 15) is 8.78 Å². The van der Waals surface area contributed by atoms with E-state index in [1.54, 1.807) is 12.1 Å². The maximum Gasteiger partial charge on any atom is 0.162 e. The molecule has 1 aromatic carbocycles. The number of hydrogen-bond acceptors (Lipinski definition) is 3. The molecule has 0 unspecified atom stereocenters. The number of aromatic nitrogens is 1. The second-order valence-electron chi connectivity index (χ2n) is 3.83. The highest BCUT2D eigenvalue weighted by molar-refractivity contribution is 5.93. The van der Waals surface area contributed by atoms with E-state index in [1.807, 2.05) is 0 Å². The van der Waals surface area contributed by atoms with E-state index in [4.69, 9.17) is 15.9 Å². The molecule has 0 bridgehead atoms. The van der Waals surface area contributed by atoms with Crippen LogP contribution in [0.2, 0.25) is 0 Å². The van der Waals surface area contributed by atoms with Crippen molar-refractivity contribution in [3.05, 3.63) is 59.4 Å². The first-order valence-corrected chi connectivity index (χ1v) is 5.43. The van der Waals surface area contributed by atoms with Crippen LogP contribution in [0.3, 0.4) is 0 Å². The van der Waals surface area contributed by atoms with Gasteiger partial charge in [0, 0.05) is 12.3 Å². The molecule has 0 radical (unpaired) electrons. The minimum absolute atomic E-state index is 0.144. The molecule has 0 aliphatic carbocycles. The number of halogens is 2. The molecule has 0 saturated heterocycles. The largest absolute Gasteiger partial charge is 0.489 e. The summed E-state index contributed by atoms with van der Waals surface area (Å²) in [6, 6.07) is 6.60. The highest BCUT2D eigenvalue weighted by Gasteiger charge is 2.04. The third-order valence-electron chi connectivity index (χ3n) is 2.40. The smallest absolute Gasteiger partial charge is 0.162 e. The van der Waals surface area contributed by atoms with Crippen LogP contribution in [-0.4, -0.2) is 10.8 Å². The Morgan fingerprint density at radius 3 is 2.68 bits per heavy atom. The van der Waals surface area contributed by atoms with Crippen LogP contribution in [-0.2, 0) is 6.61 Å². The zero-order valence-electron chi connectivity index (χ0n) is 9.86. The molecule has 6 heteroatoms. The predicted molar refractivity (Wildman–Crippen MR) is 65.9 cm³/mol. The molecule has 1 heterocycles. The van der Waals surface area contributed by atoms with Gasteiger partial charge < -0.3 is 10.5 Å². The van der Waals surface area contributed by atoms with Gasteiger partial charge in [-0.15, -0.1) is 0 Å². The van der Waals surface area contributed by atoms with Crippen molar-refractivity contribution < 1.29 is 13.5 Å². The average Bonchev–Trinajstić information content (AvgIpc) is 2.40. The fraction of sp³-hybridized carbons (Fsp3) is 0.0769. The van der Waals surface area contributed by atoms with Gasteiger partial charge in [-0.2, -0.15) is 0 Å². The molecule has 4 nitrogen and oxygen atoms in total. The summed E-state index contributed by atoms with van der Waals surface area (Å²) < 4.78 is 31.0. The van der Waals surface area contributed by atoms with Gasteiger partial charge in [0.25, 0.3) is 0 Å². The number of nitrogens with one attached hydrogen (secondary N) is 1. The number of ether oxygens (including phenoxy) is 1. The van der Waals surface area contributed by atoms with Crippen LogP contribution in [0.25, 0.3) is 0 Å². The molecule has 0 aliphatic heterocycles. The average molecular weight is 263 g/mol. The minimum atomic E-state index is -0.961. The van der Waals surface area contributed by atoms with Crippen molar-refractivity contribution in [2.45, 2.75) is 6.61 Å². The Hall–Kier alpha value is -2.50. The van der Waals surface area contributed by atoms with Crippen LogP contribution in [0.5, 0.6) is 5.75 Å². The Balaban J connectivity index is 2.07. The summed E-state index contributed by atoms with van der Waals surface area (Å²) in [5, 5.41) is 7.26. The van der Waals surface area contributed by atoms with Crippen molar-refractivity contribution in [1.29, 1.82) is 5.41 Å². The molecule has 0 fully saturated rings. The summed E-state index contributed by atoms with van der Waals surface area (Å²) in [7, 11) is 0. The number of rotatable bonds is 4. The second kappa shape index (κ2) is 5.43. The summed E-state index contributed by atoms with van der Waals surface area (Å²) >= 11 is 0. The van der Waals surface area contributed by atoms with Crippen molar-refractivity contribution in [2.75, 3.05) is 0 Å². The van der Waals surface area contributed by atoms with Crippen molar-refractivity contribution in [2.24, 2.45) is 5.73 Å². The fourth-order valence-electron chi connectivity index (χ4n) is 1.44. The van der Waals surface area contributed by atoms with E-state index in [0.29, 0.717) is 5.69 Å². The number of pyridine rings is 1. The topological polar surface area (TPSA) is 72.0 Å². The lowest BCUT2D eigenvalue weighted by atomic mass is 10.2. The molecular weight excluding hydrogens is 252 g/mol. The molecule has 0 spiro atoms. The Morgan fingerprint density at radius 1 is 1.21 bits per heavy atom. The van der Waals surface area contributed by atoms with E-state index >= 15 is 0 Å². The van der Waals surface area contributed by atoms with Gasteiger partial charge in [0.1, 0.15) is 23.9 Å². The van der Waals surface area contributed by atoms with E-state index in [-0.39, 0.29) is 18.2 Å². The Bertz CT molecular complexity index is 617. The Kier molecular flexibility index (Phi) is 3.70. The number of nitrogen functional groups attached to an aromatic ring is 1. The molecular formula is C13H11F2N3O. The van der Waals surface area contributed by atoms with Crippen LogP contribution in [0.15, 0.2) is 36.5 Å². The molecule has 3 N–H and O–H groups in total. The van der Waals surface area contributed by atoms with E-state index in [0.717, 1.165) is 17.7 Å². The summed E-state index contributed by atoms with van der Waals surface area (Å²) in [4.78, 5) is 3.90. The Labute approximate surface area is 108 Å². The van der Waals surface area contributed by atoms with E-state index < -0.39 is 11.6 Å². The third kappa shape index (κ3) is 3.25. The van der Waals surface area contributed by atoms with Gasteiger partial charge >= 0.3 is 0 Å². The second-order valence-corrected chi connectivity index (χ2v) is 3.83. The lowest BCUT2D eigenvalue weighted by molar-refractivity contribution is 0.303. The van der Waals surface area contributed by atoms with Gasteiger partial charge in [0.15, 0.2) is 11.6 Å². The van der Waals surface area contributed by atoms with E-state index in [2.05, 4.69) is 4.98 Å². The zero-order chi connectivity index (χ0) is 13.8. The molecule has 1 aromatic heterocycles. The third-order valence-corrected chi connectivity index (χ3v) is 2.40. The summed E-state index contributed by atoms with van der Waals surface area (Å²) in [6.45, 7) is 0.147. The van der Waals surface area contributed by atoms with Gasteiger partial charge in [-0.05, 0) is 29.8 Å². The molecule has 0 aliphatic rings. The maximum absolute atomic E-state index is 13.0. The van der Waals surface area contributed by atoms with Gasteiger partial charge in [-0.25, -0.2) is 8.78 Å². The van der Waals surface area contributed by atoms with Crippen LogP contribution in [0, 0.1) is 17.0 Å². The van der Waals surface area contributed by atoms with Crippen molar-refractivity contribution in [3.63, 3.8) is 0 Å². The van der Waals surface area contributed by atoms with Crippen LogP contribution < -0.4 is 10.5 Å². The predicted octanol–water partition coefficient (Wildman–Crippen LogP) is 2.22. The molecule has 98 valence electrons. The molecule has 0 saturated carbocycles. The number of nitrogens with two attached hydrogens (primary N) is 1. The first-order valence-electron chi connectivity index (χ1n) is 5.43. The SMILES string of the molecule is N=C(N)c1cc(COc2ccc(F)c(F)c2)ccn1. The number of amidine groups is 1. The number of nitrogens with zero attached hydrogens (tertiary/aromatic N) is 1.